The van der Waals surface area contributed by atoms with E-state index in [1.807, 2.05) is 0 Å². The first-order valence-electron chi connectivity index (χ1n) is 4.17. The fraction of sp³-hybridized carbons (Fsp3) is 0.222. The smallest absolute Gasteiger partial charge is 0.236 e. The van der Waals surface area contributed by atoms with Crippen molar-refractivity contribution in [2.45, 2.75) is 6.42 Å². The van der Waals surface area contributed by atoms with Gasteiger partial charge in [-0.2, -0.15) is 0 Å². The van der Waals surface area contributed by atoms with Crippen LogP contribution in [0.2, 0.25) is 0 Å². The van der Waals surface area contributed by atoms with Gasteiger partial charge in [-0.25, -0.2) is 0 Å². The molecular formula is C9H8N2O3. The zero-order chi connectivity index (χ0) is 10.1. The van der Waals surface area contributed by atoms with E-state index in [0.29, 0.717) is 5.82 Å². The average Bonchev–Trinajstić information content (AvgIpc) is 2.45. The summed E-state index contributed by atoms with van der Waals surface area (Å²) in [7, 11) is 0. The van der Waals surface area contributed by atoms with Gasteiger partial charge in [-0.05, 0) is 0 Å². The number of anilines is 1. The van der Waals surface area contributed by atoms with Crippen LogP contribution in [0.3, 0.4) is 0 Å². The number of ketones is 1. The number of amides is 1. The number of nitrogens with one attached hydrogen (secondary N) is 1. The summed E-state index contributed by atoms with van der Waals surface area (Å²) in [5, 5.41) is 0. The van der Waals surface area contributed by atoms with Crippen molar-refractivity contribution >= 4 is 17.5 Å². The molecule has 2 heterocycles. The maximum atomic E-state index is 11.3. The number of nitrogens with zero attached hydrogens (tertiary/aromatic N) is 1. The van der Waals surface area contributed by atoms with Gasteiger partial charge in [-0.15, -0.1) is 0 Å². The predicted octanol–water partition coefficient (Wildman–Crippen LogP) is -0.319. The number of pyridine rings is 1. The number of carbonyl (C=O) groups is 2. The molecule has 14 heavy (non-hydrogen) atoms. The van der Waals surface area contributed by atoms with Gasteiger partial charge in [0.25, 0.3) is 0 Å². The standard InChI is InChI=1S/C9H8N2O3/c12-6-1-2-10-8(3-6)11-5-7(13)4-9(11)14/h1-3H,4-5H2,(H,10,12). The van der Waals surface area contributed by atoms with Crippen molar-refractivity contribution in [2.24, 2.45) is 0 Å². The van der Waals surface area contributed by atoms with E-state index in [-0.39, 0.29) is 30.1 Å². The molecule has 1 fully saturated rings. The van der Waals surface area contributed by atoms with Crippen LogP contribution in [0.4, 0.5) is 5.82 Å². The van der Waals surface area contributed by atoms with E-state index in [4.69, 9.17) is 0 Å². The van der Waals surface area contributed by atoms with Gasteiger partial charge in [-0.3, -0.25) is 19.3 Å². The van der Waals surface area contributed by atoms with Gasteiger partial charge in [-0.1, -0.05) is 0 Å². The van der Waals surface area contributed by atoms with Crippen molar-refractivity contribution in [1.82, 2.24) is 4.98 Å². The van der Waals surface area contributed by atoms with Gasteiger partial charge in [0.1, 0.15) is 5.82 Å². The van der Waals surface area contributed by atoms with Crippen molar-refractivity contribution in [2.75, 3.05) is 11.4 Å². The number of aromatic amines is 1. The van der Waals surface area contributed by atoms with Crippen molar-refractivity contribution in [3.8, 4) is 0 Å². The zero-order valence-corrected chi connectivity index (χ0v) is 7.32. The first kappa shape index (κ1) is 8.68. The van der Waals surface area contributed by atoms with Gasteiger partial charge in [0.2, 0.25) is 5.91 Å². The van der Waals surface area contributed by atoms with Crippen LogP contribution in [-0.2, 0) is 9.59 Å². The van der Waals surface area contributed by atoms with Crippen LogP contribution in [0.1, 0.15) is 6.42 Å². The molecule has 1 aromatic rings. The highest BCUT2D eigenvalue weighted by molar-refractivity contribution is 6.14. The molecule has 1 aliphatic heterocycles. The Kier molecular flexibility index (Phi) is 1.92. The minimum absolute atomic E-state index is 0.0544. The number of rotatable bonds is 1. The van der Waals surface area contributed by atoms with E-state index in [9.17, 15) is 14.4 Å². The molecule has 72 valence electrons. The summed E-state index contributed by atoms with van der Waals surface area (Å²) in [5.41, 5.74) is -0.189. The Bertz CT molecular complexity index is 449. The molecule has 1 aromatic heterocycles. The van der Waals surface area contributed by atoms with E-state index < -0.39 is 0 Å². The highest BCUT2D eigenvalue weighted by Crippen LogP contribution is 2.14. The molecule has 5 heteroatoms. The van der Waals surface area contributed by atoms with Crippen LogP contribution in [0, 0.1) is 0 Å². The van der Waals surface area contributed by atoms with Crippen LogP contribution in [0.25, 0.3) is 0 Å². The monoisotopic (exact) mass is 192 g/mol. The van der Waals surface area contributed by atoms with Gasteiger partial charge in [0.15, 0.2) is 11.2 Å². The molecule has 1 aliphatic rings. The van der Waals surface area contributed by atoms with Crippen LogP contribution in [0.15, 0.2) is 23.1 Å². The third-order valence-corrected chi connectivity index (χ3v) is 2.03. The van der Waals surface area contributed by atoms with Gasteiger partial charge in [0, 0.05) is 18.3 Å². The van der Waals surface area contributed by atoms with Crippen molar-refractivity contribution in [1.29, 1.82) is 0 Å². The number of hydrogen-bond acceptors (Lipinski definition) is 3. The second kappa shape index (κ2) is 3.10. The fourth-order valence-electron chi connectivity index (χ4n) is 1.39. The molecule has 0 bridgehead atoms. The molecule has 0 aliphatic carbocycles. The zero-order valence-electron chi connectivity index (χ0n) is 7.32. The van der Waals surface area contributed by atoms with Crippen LogP contribution >= 0.6 is 0 Å². The van der Waals surface area contributed by atoms with Gasteiger partial charge < -0.3 is 4.98 Å². The highest BCUT2D eigenvalue weighted by atomic mass is 16.2. The number of hydrogen-bond donors (Lipinski definition) is 1. The van der Waals surface area contributed by atoms with Crippen molar-refractivity contribution < 1.29 is 9.59 Å². The Labute approximate surface area is 79.3 Å². The largest absolute Gasteiger partial charge is 0.348 e. The van der Waals surface area contributed by atoms with E-state index in [1.165, 1.54) is 23.2 Å². The second-order valence-electron chi connectivity index (χ2n) is 3.10. The Balaban J connectivity index is 2.36. The maximum absolute atomic E-state index is 11.3. The molecule has 0 atom stereocenters. The average molecular weight is 192 g/mol. The molecule has 1 N–H and O–H groups in total. The summed E-state index contributed by atoms with van der Waals surface area (Å²) in [5.74, 6) is -0.00935. The Morgan fingerprint density at radius 3 is 2.64 bits per heavy atom. The summed E-state index contributed by atoms with van der Waals surface area (Å²) in [6.07, 6.45) is 1.38. The third kappa shape index (κ3) is 1.44. The first-order valence-corrected chi connectivity index (χ1v) is 4.17. The molecule has 0 radical (unpaired) electrons. The second-order valence-corrected chi connectivity index (χ2v) is 3.10. The lowest BCUT2D eigenvalue weighted by atomic mass is 10.3. The molecule has 0 spiro atoms. The minimum Gasteiger partial charge on any atom is -0.348 e. The Morgan fingerprint density at radius 2 is 2.07 bits per heavy atom. The fourth-order valence-corrected chi connectivity index (χ4v) is 1.39. The van der Waals surface area contributed by atoms with E-state index in [0.717, 1.165) is 0 Å². The molecule has 0 aromatic carbocycles. The predicted molar refractivity (Wildman–Crippen MR) is 49.0 cm³/mol. The molecule has 5 nitrogen and oxygen atoms in total. The SMILES string of the molecule is O=C1CC(=O)N(c2cc(=O)cc[nH]2)C1. The molecule has 1 amide bonds. The maximum Gasteiger partial charge on any atom is 0.236 e. The summed E-state index contributed by atoms with van der Waals surface area (Å²) >= 11 is 0. The van der Waals surface area contributed by atoms with Crippen molar-refractivity contribution in [3.05, 3.63) is 28.6 Å². The van der Waals surface area contributed by atoms with Crippen LogP contribution < -0.4 is 10.3 Å². The van der Waals surface area contributed by atoms with Crippen molar-refractivity contribution in [3.63, 3.8) is 0 Å². The summed E-state index contributed by atoms with van der Waals surface area (Å²) in [6.45, 7) is 0.0544. The normalized spacial score (nSPS) is 16.4. The van der Waals surface area contributed by atoms with Crippen LogP contribution in [0.5, 0.6) is 0 Å². The third-order valence-electron chi connectivity index (χ3n) is 2.03. The highest BCUT2D eigenvalue weighted by Gasteiger charge is 2.28. The Morgan fingerprint density at radius 1 is 1.29 bits per heavy atom. The van der Waals surface area contributed by atoms with Gasteiger partial charge in [0.05, 0.1) is 13.0 Å². The van der Waals surface area contributed by atoms with Crippen LogP contribution in [-0.4, -0.2) is 23.2 Å². The quantitative estimate of drug-likeness (QED) is 0.620. The number of Topliss-reactive ketones (excluding diaryl/α,β-unsaturated/α-hetero) is 1. The minimum atomic E-state index is -0.267. The first-order chi connectivity index (χ1) is 6.66. The molecule has 2 rings (SSSR count). The number of carbonyl (C=O) groups excluding carboxylic acids is 2. The lowest BCUT2D eigenvalue weighted by molar-refractivity contribution is -0.121. The Hall–Kier alpha value is -1.91. The summed E-state index contributed by atoms with van der Waals surface area (Å²) in [6, 6.07) is 2.66. The van der Waals surface area contributed by atoms with E-state index in [2.05, 4.69) is 4.98 Å². The number of aromatic nitrogens is 1. The summed E-state index contributed by atoms with van der Waals surface area (Å²) in [4.78, 5) is 37.3. The summed E-state index contributed by atoms with van der Waals surface area (Å²) < 4.78 is 0. The lowest BCUT2D eigenvalue weighted by Gasteiger charge is -2.12. The molecular weight excluding hydrogens is 184 g/mol. The topological polar surface area (TPSA) is 70.2 Å². The van der Waals surface area contributed by atoms with E-state index in [1.54, 1.807) is 0 Å². The molecule has 0 unspecified atom stereocenters. The van der Waals surface area contributed by atoms with E-state index >= 15 is 0 Å². The van der Waals surface area contributed by atoms with Gasteiger partial charge >= 0.3 is 0 Å². The molecule has 1 saturated heterocycles. The molecule has 0 saturated carbocycles. The lowest BCUT2D eigenvalue weighted by Crippen LogP contribution is -2.26. The number of H-pyrrole nitrogens is 1.